The molecular weight excluding hydrogens is 344 g/mol. The highest BCUT2D eigenvalue weighted by Gasteiger charge is 2.33. The van der Waals surface area contributed by atoms with Crippen molar-refractivity contribution in [3.05, 3.63) is 58.0 Å². The number of hydrogen-bond acceptors (Lipinski definition) is 4. The summed E-state index contributed by atoms with van der Waals surface area (Å²) in [7, 11) is 0. The number of carbonyl (C=O) groups is 1. The molecule has 0 radical (unpaired) electrons. The Morgan fingerprint density at radius 3 is 2.56 bits per heavy atom. The monoisotopic (exact) mass is 368 g/mol. The summed E-state index contributed by atoms with van der Waals surface area (Å²) in [6, 6.07) is 11.5. The minimum absolute atomic E-state index is 0.00805. The van der Waals surface area contributed by atoms with Gasteiger partial charge >= 0.3 is 0 Å². The Morgan fingerprint density at radius 2 is 1.89 bits per heavy atom. The molecule has 1 saturated carbocycles. The van der Waals surface area contributed by atoms with E-state index >= 15 is 0 Å². The van der Waals surface area contributed by atoms with Crippen LogP contribution in [0, 0.1) is 13.8 Å². The molecule has 2 heterocycles. The van der Waals surface area contributed by atoms with Gasteiger partial charge < -0.3 is 18.9 Å². The van der Waals surface area contributed by atoms with Gasteiger partial charge in [0.25, 0.3) is 11.5 Å². The van der Waals surface area contributed by atoms with Gasteiger partial charge in [-0.3, -0.25) is 9.59 Å². The Morgan fingerprint density at radius 1 is 1.11 bits per heavy atom. The van der Waals surface area contributed by atoms with Gasteiger partial charge in [-0.25, -0.2) is 0 Å². The van der Waals surface area contributed by atoms with Crippen LogP contribution in [0.5, 0.6) is 11.5 Å². The first-order valence-electron chi connectivity index (χ1n) is 9.36. The lowest BCUT2D eigenvalue weighted by molar-refractivity contribution is -0.142. The molecule has 27 heavy (non-hydrogen) atoms. The Balaban J connectivity index is 1.27. The molecule has 6 heteroatoms. The molecule has 1 amide bonds. The average Bonchev–Trinajstić information content (AvgIpc) is 3.40. The van der Waals surface area contributed by atoms with Crippen LogP contribution in [0.2, 0.25) is 0 Å². The van der Waals surface area contributed by atoms with Crippen LogP contribution in [0.4, 0.5) is 0 Å². The number of ether oxygens (including phenoxy) is 2. The van der Waals surface area contributed by atoms with Crippen molar-refractivity contribution >= 4 is 5.91 Å². The SMILES string of the molecule is Cc1cccc(OCC(=O)N2CC(Oc3cc(C)n(C4CC4)c(=O)c3)C2)c1. The lowest BCUT2D eigenvalue weighted by Crippen LogP contribution is -2.57. The molecule has 0 unspecified atom stereocenters. The van der Waals surface area contributed by atoms with Gasteiger partial charge in [0.15, 0.2) is 6.61 Å². The van der Waals surface area contributed by atoms with E-state index in [4.69, 9.17) is 9.47 Å². The molecule has 2 aliphatic rings. The highest BCUT2D eigenvalue weighted by Crippen LogP contribution is 2.35. The molecule has 1 aromatic heterocycles. The maximum Gasteiger partial charge on any atom is 0.260 e. The molecule has 0 atom stereocenters. The smallest absolute Gasteiger partial charge is 0.260 e. The van der Waals surface area contributed by atoms with Crippen LogP contribution in [0.1, 0.15) is 30.1 Å². The summed E-state index contributed by atoms with van der Waals surface area (Å²) < 4.78 is 13.3. The van der Waals surface area contributed by atoms with E-state index in [0.717, 1.165) is 24.1 Å². The van der Waals surface area contributed by atoms with Crippen LogP contribution < -0.4 is 15.0 Å². The van der Waals surface area contributed by atoms with Gasteiger partial charge in [-0.05, 0) is 50.5 Å². The third kappa shape index (κ3) is 3.99. The lowest BCUT2D eigenvalue weighted by atomic mass is 10.1. The number of hydrogen-bond donors (Lipinski definition) is 0. The van der Waals surface area contributed by atoms with Gasteiger partial charge in [-0.15, -0.1) is 0 Å². The zero-order chi connectivity index (χ0) is 19.0. The van der Waals surface area contributed by atoms with Crippen molar-refractivity contribution in [1.29, 1.82) is 0 Å². The van der Waals surface area contributed by atoms with Crippen molar-refractivity contribution in [2.24, 2.45) is 0 Å². The number of benzene rings is 1. The highest BCUT2D eigenvalue weighted by atomic mass is 16.5. The average molecular weight is 368 g/mol. The zero-order valence-corrected chi connectivity index (χ0v) is 15.7. The van der Waals surface area contributed by atoms with Gasteiger partial charge in [-0.2, -0.15) is 0 Å². The van der Waals surface area contributed by atoms with E-state index in [9.17, 15) is 9.59 Å². The summed E-state index contributed by atoms with van der Waals surface area (Å²) in [5.41, 5.74) is 2.02. The van der Waals surface area contributed by atoms with Crippen LogP contribution in [-0.4, -0.2) is 41.2 Å². The molecular formula is C21H24N2O4. The third-order valence-electron chi connectivity index (χ3n) is 5.00. The van der Waals surface area contributed by atoms with Gasteiger partial charge in [0, 0.05) is 17.8 Å². The van der Waals surface area contributed by atoms with Crippen LogP contribution in [0.25, 0.3) is 0 Å². The fourth-order valence-electron chi connectivity index (χ4n) is 3.40. The van der Waals surface area contributed by atoms with E-state index in [1.54, 1.807) is 11.0 Å². The Bertz CT molecular complexity index is 911. The number of amides is 1. The molecule has 2 aromatic rings. The number of pyridine rings is 1. The van der Waals surface area contributed by atoms with Crippen molar-refractivity contribution in [3.63, 3.8) is 0 Å². The second kappa shape index (κ2) is 7.10. The molecule has 142 valence electrons. The summed E-state index contributed by atoms with van der Waals surface area (Å²) >= 11 is 0. The van der Waals surface area contributed by atoms with Crippen molar-refractivity contribution in [1.82, 2.24) is 9.47 Å². The normalized spacial score (nSPS) is 16.7. The quantitative estimate of drug-likeness (QED) is 0.786. The molecule has 1 aliphatic carbocycles. The largest absolute Gasteiger partial charge is 0.486 e. The predicted octanol–water partition coefficient (Wildman–Crippen LogP) is 2.47. The summed E-state index contributed by atoms with van der Waals surface area (Å²) in [5, 5.41) is 0. The van der Waals surface area contributed by atoms with Gasteiger partial charge in [0.1, 0.15) is 17.6 Å². The van der Waals surface area contributed by atoms with Crippen LogP contribution in [0.3, 0.4) is 0 Å². The molecule has 4 rings (SSSR count). The van der Waals surface area contributed by atoms with Crippen molar-refractivity contribution in [2.75, 3.05) is 19.7 Å². The van der Waals surface area contributed by atoms with E-state index in [1.165, 1.54) is 0 Å². The van der Waals surface area contributed by atoms with Crippen molar-refractivity contribution < 1.29 is 14.3 Å². The summed E-state index contributed by atoms with van der Waals surface area (Å²) in [6.07, 6.45) is 2.07. The van der Waals surface area contributed by atoms with Crippen LogP contribution >= 0.6 is 0 Å². The maximum absolute atomic E-state index is 12.2. The molecule has 1 aliphatic heterocycles. The maximum atomic E-state index is 12.2. The van der Waals surface area contributed by atoms with E-state index < -0.39 is 0 Å². The van der Waals surface area contributed by atoms with Gasteiger partial charge in [-0.1, -0.05) is 12.1 Å². The molecule has 1 saturated heterocycles. The van der Waals surface area contributed by atoms with Crippen LogP contribution in [0.15, 0.2) is 41.2 Å². The van der Waals surface area contributed by atoms with E-state index in [1.807, 2.05) is 48.7 Å². The molecule has 6 nitrogen and oxygen atoms in total. The molecule has 1 aromatic carbocycles. The predicted molar refractivity (Wildman–Crippen MR) is 101 cm³/mol. The van der Waals surface area contributed by atoms with Crippen molar-refractivity contribution in [3.8, 4) is 11.5 Å². The van der Waals surface area contributed by atoms with Gasteiger partial charge in [0.05, 0.1) is 13.1 Å². The summed E-state index contributed by atoms with van der Waals surface area (Å²) in [4.78, 5) is 26.2. The Kier molecular flexibility index (Phi) is 4.64. The second-order valence-corrected chi connectivity index (χ2v) is 7.42. The van der Waals surface area contributed by atoms with Crippen LogP contribution in [-0.2, 0) is 4.79 Å². The number of rotatable bonds is 6. The Labute approximate surface area is 158 Å². The topological polar surface area (TPSA) is 60.8 Å². The van der Waals surface area contributed by atoms with E-state index in [0.29, 0.717) is 30.6 Å². The molecule has 0 N–H and O–H groups in total. The minimum atomic E-state index is -0.0801. The number of carbonyl (C=O) groups excluding carboxylic acids is 1. The molecule has 2 fully saturated rings. The van der Waals surface area contributed by atoms with Crippen molar-refractivity contribution in [2.45, 2.75) is 38.8 Å². The van der Waals surface area contributed by atoms with E-state index in [2.05, 4.69) is 0 Å². The first-order valence-corrected chi connectivity index (χ1v) is 9.36. The highest BCUT2D eigenvalue weighted by molar-refractivity contribution is 5.78. The third-order valence-corrected chi connectivity index (χ3v) is 5.00. The van der Waals surface area contributed by atoms with E-state index in [-0.39, 0.29) is 24.2 Å². The number of aromatic nitrogens is 1. The lowest BCUT2D eigenvalue weighted by Gasteiger charge is -2.38. The second-order valence-electron chi connectivity index (χ2n) is 7.42. The first kappa shape index (κ1) is 17.6. The Hall–Kier alpha value is -2.76. The zero-order valence-electron chi connectivity index (χ0n) is 15.7. The fourth-order valence-corrected chi connectivity index (χ4v) is 3.40. The summed E-state index contributed by atoms with van der Waals surface area (Å²) in [5.74, 6) is 1.22. The standard InChI is InChI=1S/C21H24N2O4/c1-14-4-3-5-17(8-14)26-13-21(25)22-11-19(12-22)27-18-9-15(2)23(16-6-7-16)20(24)10-18/h3-5,8-10,16,19H,6-7,11-13H2,1-2H3. The first-order chi connectivity index (χ1) is 13.0. The van der Waals surface area contributed by atoms with Gasteiger partial charge in [0.2, 0.25) is 0 Å². The molecule has 0 bridgehead atoms. The number of likely N-dealkylation sites (tertiary alicyclic amines) is 1. The summed E-state index contributed by atoms with van der Waals surface area (Å²) in [6.45, 7) is 4.97. The fraction of sp³-hybridized carbons (Fsp3) is 0.429. The number of aryl methyl sites for hydroxylation is 2. The minimum Gasteiger partial charge on any atom is -0.486 e. The number of nitrogens with zero attached hydrogens (tertiary/aromatic N) is 2. The molecule has 0 spiro atoms.